The number of nitrogens with zero attached hydrogens (tertiary/aromatic N) is 2. The smallest absolute Gasteiger partial charge is 0.245 e. The maximum Gasteiger partial charge on any atom is 0.245 e. The van der Waals surface area contributed by atoms with Crippen LogP contribution in [-0.4, -0.2) is 32.9 Å². The maximum absolute atomic E-state index is 12.1. The summed E-state index contributed by atoms with van der Waals surface area (Å²) in [7, 11) is 0. The number of nitrogens with one attached hydrogen (secondary N) is 1. The van der Waals surface area contributed by atoms with Crippen molar-refractivity contribution < 1.29 is 9.90 Å². The second kappa shape index (κ2) is 5.82. The molecule has 0 saturated carbocycles. The van der Waals surface area contributed by atoms with Gasteiger partial charge >= 0.3 is 0 Å². The standard InChI is InChI=1S/C12H21N3O2/c1-4-12(5-2,9-16)14-11(17)10(3)15-8-6-7-13-15/h6-8,10,16H,4-5,9H2,1-3H3,(H,14,17). The van der Waals surface area contributed by atoms with Gasteiger partial charge in [0.2, 0.25) is 5.91 Å². The van der Waals surface area contributed by atoms with Crippen molar-refractivity contribution in [3.63, 3.8) is 0 Å². The van der Waals surface area contributed by atoms with Crippen LogP contribution in [0.5, 0.6) is 0 Å². The lowest BCUT2D eigenvalue weighted by molar-refractivity contribution is -0.126. The molecule has 0 radical (unpaired) electrons. The quantitative estimate of drug-likeness (QED) is 0.781. The molecule has 1 aromatic heterocycles. The average molecular weight is 239 g/mol. The van der Waals surface area contributed by atoms with Gasteiger partial charge in [-0.1, -0.05) is 13.8 Å². The monoisotopic (exact) mass is 239 g/mol. The van der Waals surface area contributed by atoms with Gasteiger partial charge in [0.05, 0.1) is 12.1 Å². The van der Waals surface area contributed by atoms with E-state index < -0.39 is 5.54 Å². The van der Waals surface area contributed by atoms with Crippen molar-refractivity contribution in [3.05, 3.63) is 18.5 Å². The molecule has 2 N–H and O–H groups in total. The van der Waals surface area contributed by atoms with Gasteiger partial charge in [0, 0.05) is 12.4 Å². The molecule has 0 aliphatic heterocycles. The second-order valence-electron chi connectivity index (χ2n) is 4.30. The van der Waals surface area contributed by atoms with E-state index in [4.69, 9.17) is 0 Å². The van der Waals surface area contributed by atoms with Crippen LogP contribution in [0.1, 0.15) is 39.7 Å². The number of carbonyl (C=O) groups is 1. The molecule has 0 aliphatic carbocycles. The van der Waals surface area contributed by atoms with Crippen LogP contribution in [0, 0.1) is 0 Å². The van der Waals surface area contributed by atoms with E-state index in [0.29, 0.717) is 12.8 Å². The van der Waals surface area contributed by atoms with Crippen molar-refractivity contribution >= 4 is 5.91 Å². The van der Waals surface area contributed by atoms with Crippen molar-refractivity contribution in [2.75, 3.05) is 6.61 Å². The molecule has 1 atom stereocenters. The molecule has 0 fully saturated rings. The van der Waals surface area contributed by atoms with Gasteiger partial charge in [-0.2, -0.15) is 5.10 Å². The first-order chi connectivity index (χ1) is 8.08. The Labute approximate surface area is 102 Å². The first kappa shape index (κ1) is 13.7. The van der Waals surface area contributed by atoms with Crippen LogP contribution in [0.4, 0.5) is 0 Å². The van der Waals surface area contributed by atoms with E-state index in [9.17, 15) is 9.90 Å². The van der Waals surface area contributed by atoms with Gasteiger partial charge in [-0.25, -0.2) is 0 Å². The Morgan fingerprint density at radius 3 is 2.59 bits per heavy atom. The summed E-state index contributed by atoms with van der Waals surface area (Å²) in [5.41, 5.74) is -0.515. The normalized spacial score (nSPS) is 13.4. The maximum atomic E-state index is 12.1. The zero-order valence-corrected chi connectivity index (χ0v) is 10.7. The predicted molar refractivity (Wildman–Crippen MR) is 65.5 cm³/mol. The first-order valence-electron chi connectivity index (χ1n) is 6.00. The van der Waals surface area contributed by atoms with E-state index in [0.717, 1.165) is 0 Å². The van der Waals surface area contributed by atoms with Gasteiger partial charge in [0.15, 0.2) is 0 Å². The van der Waals surface area contributed by atoms with Crippen molar-refractivity contribution in [3.8, 4) is 0 Å². The molecule has 0 aliphatic rings. The topological polar surface area (TPSA) is 67.2 Å². The summed E-state index contributed by atoms with van der Waals surface area (Å²) in [6, 6.07) is 1.41. The largest absolute Gasteiger partial charge is 0.394 e. The Morgan fingerprint density at radius 1 is 1.53 bits per heavy atom. The third-order valence-corrected chi connectivity index (χ3v) is 3.35. The molecule has 1 unspecified atom stereocenters. The molecule has 0 saturated heterocycles. The van der Waals surface area contributed by atoms with Crippen molar-refractivity contribution in [2.24, 2.45) is 0 Å². The number of hydrogen-bond acceptors (Lipinski definition) is 3. The Bertz CT molecular complexity index is 336. The van der Waals surface area contributed by atoms with Gasteiger partial charge in [0.25, 0.3) is 0 Å². The van der Waals surface area contributed by atoms with Crippen LogP contribution >= 0.6 is 0 Å². The van der Waals surface area contributed by atoms with Crippen LogP contribution in [0.15, 0.2) is 18.5 Å². The molecule has 0 bridgehead atoms. The molecule has 17 heavy (non-hydrogen) atoms. The highest BCUT2D eigenvalue weighted by atomic mass is 16.3. The Kier molecular flexibility index (Phi) is 4.69. The predicted octanol–water partition coefficient (Wildman–Crippen LogP) is 1.11. The Morgan fingerprint density at radius 2 is 2.18 bits per heavy atom. The third kappa shape index (κ3) is 3.06. The van der Waals surface area contributed by atoms with Crippen LogP contribution in [-0.2, 0) is 4.79 Å². The minimum absolute atomic E-state index is 0.0441. The van der Waals surface area contributed by atoms with E-state index in [1.54, 1.807) is 30.1 Å². The Hall–Kier alpha value is -1.36. The number of aliphatic hydroxyl groups is 1. The van der Waals surface area contributed by atoms with Crippen LogP contribution in [0.2, 0.25) is 0 Å². The average Bonchev–Trinajstić information content (AvgIpc) is 2.88. The summed E-state index contributed by atoms with van der Waals surface area (Å²) >= 11 is 0. The van der Waals surface area contributed by atoms with Crippen LogP contribution in [0.3, 0.4) is 0 Å². The molecular weight excluding hydrogens is 218 g/mol. The number of amides is 1. The number of hydrogen-bond donors (Lipinski definition) is 2. The minimum atomic E-state index is -0.515. The number of rotatable bonds is 6. The summed E-state index contributed by atoms with van der Waals surface area (Å²) in [6.45, 7) is 5.66. The first-order valence-corrected chi connectivity index (χ1v) is 6.00. The molecule has 1 aromatic rings. The van der Waals surface area contributed by atoms with E-state index in [-0.39, 0.29) is 18.6 Å². The molecule has 0 aromatic carbocycles. The highest BCUT2D eigenvalue weighted by Crippen LogP contribution is 2.16. The van der Waals surface area contributed by atoms with E-state index in [1.165, 1.54) is 0 Å². The highest BCUT2D eigenvalue weighted by molar-refractivity contribution is 5.80. The van der Waals surface area contributed by atoms with Gasteiger partial charge in [-0.3, -0.25) is 9.48 Å². The summed E-state index contributed by atoms with van der Waals surface area (Å²) in [4.78, 5) is 12.1. The molecule has 96 valence electrons. The van der Waals surface area contributed by atoms with Gasteiger partial charge in [0.1, 0.15) is 6.04 Å². The summed E-state index contributed by atoms with van der Waals surface area (Å²) in [5.74, 6) is -0.119. The minimum Gasteiger partial charge on any atom is -0.394 e. The molecule has 5 heteroatoms. The number of aliphatic hydroxyl groups excluding tert-OH is 1. The highest BCUT2D eigenvalue weighted by Gasteiger charge is 2.29. The van der Waals surface area contributed by atoms with E-state index in [1.807, 2.05) is 13.8 Å². The second-order valence-corrected chi connectivity index (χ2v) is 4.30. The van der Waals surface area contributed by atoms with Gasteiger partial charge in [-0.15, -0.1) is 0 Å². The summed E-state index contributed by atoms with van der Waals surface area (Å²) in [6.07, 6.45) is 4.81. The fourth-order valence-corrected chi connectivity index (χ4v) is 1.69. The third-order valence-electron chi connectivity index (χ3n) is 3.35. The molecule has 1 heterocycles. The lowest BCUT2D eigenvalue weighted by atomic mass is 9.93. The Balaban J connectivity index is 2.71. The van der Waals surface area contributed by atoms with Gasteiger partial charge in [-0.05, 0) is 25.8 Å². The molecule has 1 rings (SSSR count). The van der Waals surface area contributed by atoms with Gasteiger partial charge < -0.3 is 10.4 Å². The molecule has 5 nitrogen and oxygen atoms in total. The molecule has 0 spiro atoms. The lowest BCUT2D eigenvalue weighted by Gasteiger charge is -2.32. The van der Waals surface area contributed by atoms with E-state index in [2.05, 4.69) is 10.4 Å². The SMILES string of the molecule is CCC(CC)(CO)NC(=O)C(C)n1cccn1. The van der Waals surface area contributed by atoms with Crippen LogP contribution in [0.25, 0.3) is 0 Å². The lowest BCUT2D eigenvalue weighted by Crippen LogP contribution is -2.52. The fourth-order valence-electron chi connectivity index (χ4n) is 1.69. The van der Waals surface area contributed by atoms with Crippen molar-refractivity contribution in [1.82, 2.24) is 15.1 Å². The van der Waals surface area contributed by atoms with Crippen LogP contribution < -0.4 is 5.32 Å². The molecule has 1 amide bonds. The number of aromatic nitrogens is 2. The summed E-state index contributed by atoms with van der Waals surface area (Å²) in [5, 5.41) is 16.4. The zero-order chi connectivity index (χ0) is 12.9. The fraction of sp³-hybridized carbons (Fsp3) is 0.667. The van der Waals surface area contributed by atoms with Crippen molar-refractivity contribution in [1.29, 1.82) is 0 Å². The number of carbonyl (C=O) groups excluding carboxylic acids is 1. The molecular formula is C12H21N3O2. The van der Waals surface area contributed by atoms with E-state index >= 15 is 0 Å². The summed E-state index contributed by atoms with van der Waals surface area (Å²) < 4.78 is 1.60. The van der Waals surface area contributed by atoms with Crippen molar-refractivity contribution in [2.45, 2.75) is 45.2 Å². The zero-order valence-electron chi connectivity index (χ0n) is 10.7.